The molecule has 0 fully saturated rings. The summed E-state index contributed by atoms with van der Waals surface area (Å²) in [7, 11) is 3.52. The van der Waals surface area contributed by atoms with Gasteiger partial charge in [0, 0.05) is 19.9 Å². The summed E-state index contributed by atoms with van der Waals surface area (Å²) in [5, 5.41) is 14.1. The molecule has 5 nitrogen and oxygen atoms in total. The van der Waals surface area contributed by atoms with Crippen molar-refractivity contribution in [2.75, 3.05) is 25.7 Å². The van der Waals surface area contributed by atoms with E-state index in [0.29, 0.717) is 6.61 Å². The number of rotatable bonds is 6. The number of hydrogen-bond donors (Lipinski definition) is 1. The molecule has 0 amide bonds. The van der Waals surface area contributed by atoms with Gasteiger partial charge >= 0.3 is 0 Å². The minimum Gasteiger partial charge on any atom is -0.378 e. The van der Waals surface area contributed by atoms with Gasteiger partial charge in [-0.3, -0.25) is 0 Å². The highest BCUT2D eigenvalue weighted by Crippen LogP contribution is 2.35. The number of ether oxygens (including phenoxy) is 1. The Kier molecular flexibility index (Phi) is 4.93. The van der Waals surface area contributed by atoms with Gasteiger partial charge in [0.05, 0.1) is 17.2 Å². The van der Waals surface area contributed by atoms with Crippen molar-refractivity contribution < 1.29 is 4.74 Å². The molecule has 0 atom stereocenters. The molecule has 0 bridgehead atoms. The lowest BCUT2D eigenvalue weighted by Gasteiger charge is -1.96. The van der Waals surface area contributed by atoms with Crippen LogP contribution in [0.4, 0.5) is 5.13 Å². The molecule has 18 heavy (non-hydrogen) atoms. The van der Waals surface area contributed by atoms with Gasteiger partial charge in [0.25, 0.3) is 0 Å². The molecule has 0 aliphatic heterocycles. The van der Waals surface area contributed by atoms with Gasteiger partial charge in [0.1, 0.15) is 5.01 Å². The maximum atomic E-state index is 5.19. The SMILES string of the molecule is CNc1nnc(-c2sc(CSC)nc2COC)s1. The number of aromatic nitrogens is 3. The van der Waals surface area contributed by atoms with Gasteiger partial charge in [0.15, 0.2) is 5.01 Å². The Bertz CT molecular complexity index is 511. The van der Waals surface area contributed by atoms with Crippen molar-refractivity contribution in [1.82, 2.24) is 15.2 Å². The molecule has 2 rings (SSSR count). The van der Waals surface area contributed by atoms with Crippen LogP contribution in [0, 0.1) is 0 Å². The zero-order valence-corrected chi connectivity index (χ0v) is 12.8. The Balaban J connectivity index is 2.34. The van der Waals surface area contributed by atoms with Crippen LogP contribution in [0.25, 0.3) is 9.88 Å². The molecule has 0 saturated carbocycles. The zero-order chi connectivity index (χ0) is 13.0. The molecule has 0 aromatic carbocycles. The molecule has 2 aromatic rings. The van der Waals surface area contributed by atoms with E-state index < -0.39 is 0 Å². The first-order chi connectivity index (χ1) is 8.78. The Morgan fingerprint density at radius 2 is 2.17 bits per heavy atom. The van der Waals surface area contributed by atoms with Crippen LogP contribution in [0.15, 0.2) is 0 Å². The molecular formula is C10H14N4OS3. The Labute approximate surface area is 118 Å². The molecule has 0 aliphatic rings. The van der Waals surface area contributed by atoms with Crippen LogP contribution in [0.1, 0.15) is 10.7 Å². The quantitative estimate of drug-likeness (QED) is 0.885. The van der Waals surface area contributed by atoms with Gasteiger partial charge in [0.2, 0.25) is 5.13 Å². The third-order valence-corrected chi connectivity index (χ3v) is 5.06. The van der Waals surface area contributed by atoms with E-state index in [1.807, 2.05) is 7.05 Å². The van der Waals surface area contributed by atoms with Crippen LogP contribution >= 0.6 is 34.4 Å². The first-order valence-electron chi connectivity index (χ1n) is 5.26. The second kappa shape index (κ2) is 6.46. The molecule has 0 saturated heterocycles. The monoisotopic (exact) mass is 302 g/mol. The molecule has 0 aliphatic carbocycles. The predicted octanol–water partition coefficient (Wildman–Crippen LogP) is 2.71. The summed E-state index contributed by atoms with van der Waals surface area (Å²) in [6.07, 6.45) is 2.07. The van der Waals surface area contributed by atoms with E-state index in [-0.39, 0.29) is 0 Å². The van der Waals surface area contributed by atoms with Crippen LogP contribution in [0.2, 0.25) is 0 Å². The summed E-state index contributed by atoms with van der Waals surface area (Å²) in [6, 6.07) is 0. The third-order valence-electron chi connectivity index (χ3n) is 2.12. The van der Waals surface area contributed by atoms with E-state index in [1.165, 1.54) is 11.3 Å². The van der Waals surface area contributed by atoms with Gasteiger partial charge in [-0.15, -0.1) is 21.5 Å². The molecule has 0 unspecified atom stereocenters. The minimum atomic E-state index is 0.509. The van der Waals surface area contributed by atoms with E-state index in [4.69, 9.17) is 4.74 Å². The normalized spacial score (nSPS) is 10.8. The smallest absolute Gasteiger partial charge is 0.205 e. The Morgan fingerprint density at radius 3 is 2.78 bits per heavy atom. The number of nitrogens with one attached hydrogen (secondary N) is 1. The number of thiazole rings is 1. The lowest BCUT2D eigenvalue weighted by atomic mass is 10.4. The van der Waals surface area contributed by atoms with Crippen molar-refractivity contribution in [2.24, 2.45) is 0 Å². The van der Waals surface area contributed by atoms with Gasteiger partial charge in [-0.05, 0) is 6.26 Å². The molecule has 8 heteroatoms. The highest BCUT2D eigenvalue weighted by Gasteiger charge is 2.16. The molecular weight excluding hydrogens is 288 g/mol. The first-order valence-corrected chi connectivity index (χ1v) is 8.29. The standard InChI is InChI=1S/C10H14N4OS3/c1-11-10-14-13-9(18-10)8-6(4-15-2)12-7(17-8)5-16-3/h4-5H2,1-3H3,(H,11,14). The van der Waals surface area contributed by atoms with E-state index in [9.17, 15) is 0 Å². The first kappa shape index (κ1) is 13.7. The van der Waals surface area contributed by atoms with Crippen molar-refractivity contribution in [2.45, 2.75) is 12.4 Å². The van der Waals surface area contributed by atoms with Crippen molar-refractivity contribution in [3.05, 3.63) is 10.7 Å². The van der Waals surface area contributed by atoms with Crippen LogP contribution in [-0.4, -0.2) is 35.6 Å². The third kappa shape index (κ3) is 3.00. The van der Waals surface area contributed by atoms with Crippen molar-refractivity contribution in [3.8, 4) is 9.88 Å². The van der Waals surface area contributed by atoms with Crippen LogP contribution in [0.5, 0.6) is 0 Å². The average Bonchev–Trinajstić information content (AvgIpc) is 2.96. The fourth-order valence-electron chi connectivity index (χ4n) is 1.40. The largest absolute Gasteiger partial charge is 0.378 e. The minimum absolute atomic E-state index is 0.509. The van der Waals surface area contributed by atoms with Crippen molar-refractivity contribution in [3.63, 3.8) is 0 Å². The zero-order valence-electron chi connectivity index (χ0n) is 10.4. The van der Waals surface area contributed by atoms with Gasteiger partial charge in [-0.25, -0.2) is 4.98 Å². The van der Waals surface area contributed by atoms with Crippen molar-refractivity contribution >= 4 is 39.6 Å². The molecule has 0 spiro atoms. The maximum Gasteiger partial charge on any atom is 0.205 e. The summed E-state index contributed by atoms with van der Waals surface area (Å²) in [6.45, 7) is 0.509. The second-order valence-electron chi connectivity index (χ2n) is 3.41. The lowest BCUT2D eigenvalue weighted by molar-refractivity contribution is 0.182. The lowest BCUT2D eigenvalue weighted by Crippen LogP contribution is -1.91. The second-order valence-corrected chi connectivity index (χ2v) is 6.34. The van der Waals surface area contributed by atoms with Crippen LogP contribution in [0.3, 0.4) is 0 Å². The van der Waals surface area contributed by atoms with E-state index in [1.54, 1.807) is 30.2 Å². The number of methoxy groups -OCH3 is 1. The van der Waals surface area contributed by atoms with Crippen LogP contribution < -0.4 is 5.32 Å². The molecule has 1 N–H and O–H groups in total. The predicted molar refractivity (Wildman–Crippen MR) is 78.5 cm³/mol. The maximum absolute atomic E-state index is 5.19. The summed E-state index contributed by atoms with van der Waals surface area (Å²) in [4.78, 5) is 5.66. The van der Waals surface area contributed by atoms with E-state index in [0.717, 1.165) is 31.5 Å². The summed E-state index contributed by atoms with van der Waals surface area (Å²) >= 11 is 4.96. The van der Waals surface area contributed by atoms with Crippen molar-refractivity contribution in [1.29, 1.82) is 0 Å². The topological polar surface area (TPSA) is 59.9 Å². The van der Waals surface area contributed by atoms with Crippen LogP contribution in [-0.2, 0) is 17.1 Å². The number of thioether (sulfide) groups is 1. The molecule has 98 valence electrons. The average molecular weight is 302 g/mol. The number of nitrogens with zero attached hydrogens (tertiary/aromatic N) is 3. The fourth-order valence-corrected chi connectivity index (χ4v) is 3.96. The summed E-state index contributed by atoms with van der Waals surface area (Å²) < 4.78 is 5.19. The summed E-state index contributed by atoms with van der Waals surface area (Å²) in [5.41, 5.74) is 0.949. The van der Waals surface area contributed by atoms with Gasteiger partial charge in [-0.2, -0.15) is 11.8 Å². The highest BCUT2D eigenvalue weighted by molar-refractivity contribution is 7.97. The number of hydrogen-bond acceptors (Lipinski definition) is 8. The Morgan fingerprint density at radius 1 is 1.33 bits per heavy atom. The number of anilines is 1. The van der Waals surface area contributed by atoms with Gasteiger partial charge in [-0.1, -0.05) is 11.3 Å². The Hall–Kier alpha value is -0.700. The molecule has 0 radical (unpaired) electrons. The molecule has 2 heterocycles. The van der Waals surface area contributed by atoms with E-state index in [2.05, 4.69) is 26.8 Å². The molecule has 2 aromatic heterocycles. The fraction of sp³-hybridized carbons (Fsp3) is 0.500. The summed E-state index contributed by atoms with van der Waals surface area (Å²) in [5.74, 6) is 0.916. The highest BCUT2D eigenvalue weighted by atomic mass is 32.2. The van der Waals surface area contributed by atoms with E-state index >= 15 is 0 Å². The van der Waals surface area contributed by atoms with Gasteiger partial charge < -0.3 is 10.1 Å².